The Hall–Kier alpha value is -3.61. The van der Waals surface area contributed by atoms with E-state index in [1.807, 2.05) is 0 Å². The molecule has 0 radical (unpaired) electrons. The van der Waals surface area contributed by atoms with Crippen LogP contribution in [0.15, 0.2) is 55.1 Å². The number of benzene rings is 1. The van der Waals surface area contributed by atoms with Crippen LogP contribution in [0.3, 0.4) is 0 Å². The average Bonchev–Trinajstić information content (AvgIpc) is 3.32. The third kappa shape index (κ3) is 5.41. The summed E-state index contributed by atoms with van der Waals surface area (Å²) in [5.74, 6) is 1.15. The van der Waals surface area contributed by atoms with E-state index in [-0.39, 0.29) is 11.6 Å². The van der Waals surface area contributed by atoms with E-state index in [0.717, 1.165) is 0 Å². The summed E-state index contributed by atoms with van der Waals surface area (Å²) >= 11 is 5.89. The highest BCUT2D eigenvalue weighted by atomic mass is 35.5. The van der Waals surface area contributed by atoms with Gasteiger partial charge in [0.1, 0.15) is 29.0 Å². The summed E-state index contributed by atoms with van der Waals surface area (Å²) in [5, 5.41) is 7.89. The number of para-hydroxylation sites is 1. The molecule has 0 aliphatic carbocycles. The maximum absolute atomic E-state index is 13.7. The summed E-state index contributed by atoms with van der Waals surface area (Å²) in [6.07, 6.45) is 5.09. The fourth-order valence-corrected chi connectivity index (χ4v) is 5.37. The number of aromatic nitrogens is 6. The van der Waals surface area contributed by atoms with Crippen LogP contribution < -0.4 is 9.47 Å². The van der Waals surface area contributed by atoms with Gasteiger partial charge in [0.25, 0.3) is 0 Å². The minimum Gasteiger partial charge on any atom is -0.494 e. The van der Waals surface area contributed by atoms with E-state index < -0.39 is 26.9 Å². The number of pyridine rings is 1. The van der Waals surface area contributed by atoms with E-state index in [2.05, 4.69) is 25.1 Å². The second-order valence-electron chi connectivity index (χ2n) is 7.96. The van der Waals surface area contributed by atoms with E-state index in [0.29, 0.717) is 33.6 Å². The molecule has 2 atom stereocenters. The summed E-state index contributed by atoms with van der Waals surface area (Å²) in [4.78, 5) is 12.4. The molecule has 1 aromatic carbocycles. The Morgan fingerprint density at radius 1 is 0.973 bits per heavy atom. The number of sulfone groups is 1. The zero-order valence-electron chi connectivity index (χ0n) is 20.6. The van der Waals surface area contributed by atoms with Crippen molar-refractivity contribution >= 4 is 21.4 Å². The van der Waals surface area contributed by atoms with Crippen molar-refractivity contribution in [3.63, 3.8) is 0 Å². The molecule has 0 saturated carbocycles. The lowest BCUT2D eigenvalue weighted by Crippen LogP contribution is -2.30. The zero-order valence-corrected chi connectivity index (χ0v) is 22.1. The van der Waals surface area contributed by atoms with Gasteiger partial charge in [0.05, 0.1) is 24.5 Å². The van der Waals surface area contributed by atoms with Gasteiger partial charge in [0.15, 0.2) is 27.3 Å². The monoisotopic (exact) mass is 544 g/mol. The molecule has 0 aliphatic rings. The molecule has 0 N–H and O–H groups in total. The van der Waals surface area contributed by atoms with Gasteiger partial charge in [-0.25, -0.2) is 18.4 Å². The molecular weight excluding hydrogens is 520 g/mol. The molecule has 0 bridgehead atoms. The Morgan fingerprint density at radius 2 is 1.65 bits per heavy atom. The maximum Gasteiger partial charge on any atom is 0.170 e. The molecule has 0 fully saturated rings. The van der Waals surface area contributed by atoms with Crippen molar-refractivity contribution in [2.45, 2.75) is 24.0 Å². The quantitative estimate of drug-likeness (QED) is 0.292. The Labute approximate surface area is 219 Å². The first-order chi connectivity index (χ1) is 17.8. The lowest BCUT2D eigenvalue weighted by Gasteiger charge is -2.22. The third-order valence-electron chi connectivity index (χ3n) is 5.75. The molecule has 3 aromatic heterocycles. The predicted molar refractivity (Wildman–Crippen MR) is 137 cm³/mol. The summed E-state index contributed by atoms with van der Waals surface area (Å²) in [6, 6.07) is 8.80. The minimum atomic E-state index is -3.88. The van der Waals surface area contributed by atoms with E-state index in [1.165, 1.54) is 40.6 Å². The van der Waals surface area contributed by atoms with Gasteiger partial charge < -0.3 is 14.2 Å². The molecule has 4 rings (SSSR count). The molecule has 4 aromatic rings. The average molecular weight is 545 g/mol. The van der Waals surface area contributed by atoms with Crippen molar-refractivity contribution in [3.8, 4) is 28.6 Å². The highest BCUT2D eigenvalue weighted by Crippen LogP contribution is 2.37. The molecule has 0 amide bonds. The van der Waals surface area contributed by atoms with Gasteiger partial charge in [-0.15, -0.1) is 10.2 Å². The molecule has 13 heteroatoms. The number of hydrogen-bond donors (Lipinski definition) is 0. The topological polar surface area (TPSA) is 131 Å². The molecule has 0 saturated heterocycles. The highest BCUT2D eigenvalue weighted by molar-refractivity contribution is 7.91. The standard InChI is InChI=1S/C24H25ClN6O5S/c1-15(22(36-4)23-27-12-17(25)13-28-23)37(32,33)14-20-29-30-24(16-7-6-10-26-11-16)31(20)21-18(34-2)8-5-9-19(21)35-3/h5-13,15,22H,14H2,1-4H3/t15-,22+/m1/s1. The molecule has 11 nitrogen and oxygen atoms in total. The van der Waals surface area contributed by atoms with Gasteiger partial charge in [-0.3, -0.25) is 9.55 Å². The summed E-state index contributed by atoms with van der Waals surface area (Å²) < 4.78 is 45.6. The van der Waals surface area contributed by atoms with E-state index in [9.17, 15) is 8.42 Å². The van der Waals surface area contributed by atoms with Gasteiger partial charge in [-0.1, -0.05) is 17.7 Å². The van der Waals surface area contributed by atoms with Crippen molar-refractivity contribution in [2.24, 2.45) is 0 Å². The fourth-order valence-electron chi connectivity index (χ4n) is 3.85. The van der Waals surface area contributed by atoms with Crippen molar-refractivity contribution in [1.82, 2.24) is 29.7 Å². The summed E-state index contributed by atoms with van der Waals surface area (Å²) in [5.41, 5.74) is 1.09. The van der Waals surface area contributed by atoms with Crippen molar-refractivity contribution in [1.29, 1.82) is 0 Å². The molecule has 37 heavy (non-hydrogen) atoms. The van der Waals surface area contributed by atoms with Crippen LogP contribution in [-0.4, -0.2) is 64.7 Å². The Morgan fingerprint density at radius 3 is 2.22 bits per heavy atom. The summed E-state index contributed by atoms with van der Waals surface area (Å²) in [6.45, 7) is 1.54. The van der Waals surface area contributed by atoms with Gasteiger partial charge >= 0.3 is 0 Å². The Bertz CT molecular complexity index is 1440. The number of rotatable bonds is 10. The van der Waals surface area contributed by atoms with Gasteiger partial charge in [-0.2, -0.15) is 0 Å². The van der Waals surface area contributed by atoms with Crippen LogP contribution >= 0.6 is 11.6 Å². The molecule has 3 heterocycles. The normalized spacial score (nSPS) is 13.2. The largest absolute Gasteiger partial charge is 0.494 e. The van der Waals surface area contributed by atoms with Crippen molar-refractivity contribution in [3.05, 3.63) is 71.8 Å². The first kappa shape index (κ1) is 26.5. The number of halogens is 1. The molecule has 194 valence electrons. The predicted octanol–water partition coefficient (Wildman–Crippen LogP) is 3.48. The fraction of sp³-hybridized carbons (Fsp3) is 0.292. The molecule has 0 spiro atoms. The lowest BCUT2D eigenvalue weighted by molar-refractivity contribution is 0.0948. The second kappa shape index (κ2) is 11.2. The van der Waals surface area contributed by atoms with Crippen LogP contribution in [0.4, 0.5) is 0 Å². The van der Waals surface area contributed by atoms with Crippen LogP contribution in [0.2, 0.25) is 5.02 Å². The SMILES string of the molecule is COc1cccc(OC)c1-n1c(CS(=O)(=O)[C@H](C)[C@H](OC)c2ncc(Cl)cn2)nnc1-c1cccnc1. The van der Waals surface area contributed by atoms with Crippen LogP contribution in [-0.2, 0) is 20.3 Å². The van der Waals surface area contributed by atoms with Crippen LogP contribution in [0.1, 0.15) is 24.7 Å². The molecular formula is C24H25ClN6O5S. The maximum atomic E-state index is 13.7. The molecule has 0 aliphatic heterocycles. The zero-order chi connectivity index (χ0) is 26.6. The number of nitrogens with zero attached hydrogens (tertiary/aromatic N) is 6. The first-order valence-electron chi connectivity index (χ1n) is 11.1. The second-order valence-corrected chi connectivity index (χ2v) is 10.8. The minimum absolute atomic E-state index is 0.153. The number of methoxy groups -OCH3 is 3. The number of hydrogen-bond acceptors (Lipinski definition) is 10. The van der Waals surface area contributed by atoms with Gasteiger partial charge in [0, 0.05) is 37.5 Å². The van der Waals surface area contributed by atoms with Crippen molar-refractivity contribution in [2.75, 3.05) is 21.3 Å². The van der Waals surface area contributed by atoms with Gasteiger partial charge in [0.2, 0.25) is 0 Å². The lowest BCUT2D eigenvalue weighted by atomic mass is 10.2. The highest BCUT2D eigenvalue weighted by Gasteiger charge is 2.35. The van der Waals surface area contributed by atoms with Crippen LogP contribution in [0.5, 0.6) is 11.5 Å². The van der Waals surface area contributed by atoms with Gasteiger partial charge in [-0.05, 0) is 31.2 Å². The van der Waals surface area contributed by atoms with E-state index >= 15 is 0 Å². The Kier molecular flexibility index (Phi) is 8.00. The van der Waals surface area contributed by atoms with Crippen LogP contribution in [0, 0.1) is 0 Å². The smallest absolute Gasteiger partial charge is 0.170 e. The van der Waals surface area contributed by atoms with E-state index in [1.54, 1.807) is 47.3 Å². The van der Waals surface area contributed by atoms with Crippen LogP contribution in [0.25, 0.3) is 17.1 Å². The van der Waals surface area contributed by atoms with Crippen molar-refractivity contribution < 1.29 is 22.6 Å². The first-order valence-corrected chi connectivity index (χ1v) is 13.2. The Balaban J connectivity index is 1.83. The van der Waals surface area contributed by atoms with E-state index in [4.69, 9.17) is 25.8 Å². The molecule has 0 unspecified atom stereocenters. The summed E-state index contributed by atoms with van der Waals surface area (Å²) in [7, 11) is 0.548. The number of ether oxygens (including phenoxy) is 3. The third-order valence-corrected chi connectivity index (χ3v) is 7.98.